The summed E-state index contributed by atoms with van der Waals surface area (Å²) < 4.78 is 2.36. The molecule has 196 valence electrons. The second-order valence-electron chi connectivity index (χ2n) is 11.4. The first-order chi connectivity index (χ1) is 18.8. The molecule has 1 N–H and O–H groups in total. The zero-order valence-electron chi connectivity index (χ0n) is 23.3. The number of rotatable bonds is 7. The SMILES string of the molecule is Cc1c(C)n(Cc2ccc(-c3ccccc3)cc2)c2ccc(C(=O)NC3(c4cccc(C(C)C)c4)CC3)cc12. The molecule has 3 heteroatoms. The quantitative estimate of drug-likeness (QED) is 0.233. The molecule has 0 atom stereocenters. The lowest BCUT2D eigenvalue weighted by Gasteiger charge is -2.20. The van der Waals surface area contributed by atoms with Gasteiger partial charge in [-0.05, 0) is 84.2 Å². The van der Waals surface area contributed by atoms with Gasteiger partial charge in [0, 0.05) is 28.7 Å². The highest BCUT2D eigenvalue weighted by molar-refractivity contribution is 5.99. The lowest BCUT2D eigenvalue weighted by molar-refractivity contribution is 0.0931. The molecule has 6 rings (SSSR count). The standard InChI is InChI=1S/C36H36N2O/c1-24(2)30-11-8-12-32(21-30)36(19-20-36)37-35(39)31-17-18-34-33(22-31)25(3)26(4)38(34)23-27-13-15-29(16-14-27)28-9-6-5-7-10-28/h5-18,21-22,24H,19-20,23H2,1-4H3,(H,37,39). The molecule has 1 amide bonds. The first-order valence-corrected chi connectivity index (χ1v) is 14.0. The molecule has 0 spiro atoms. The van der Waals surface area contributed by atoms with Gasteiger partial charge in [-0.2, -0.15) is 0 Å². The summed E-state index contributed by atoms with van der Waals surface area (Å²) in [5.41, 5.74) is 10.4. The van der Waals surface area contributed by atoms with E-state index in [2.05, 4.69) is 123 Å². The van der Waals surface area contributed by atoms with E-state index in [4.69, 9.17) is 0 Å². The van der Waals surface area contributed by atoms with Gasteiger partial charge in [0.1, 0.15) is 0 Å². The second-order valence-corrected chi connectivity index (χ2v) is 11.4. The highest BCUT2D eigenvalue weighted by Gasteiger charge is 2.45. The highest BCUT2D eigenvalue weighted by Crippen LogP contribution is 2.46. The minimum atomic E-state index is -0.236. The molecule has 0 saturated heterocycles. The van der Waals surface area contributed by atoms with Crippen molar-refractivity contribution in [1.82, 2.24) is 9.88 Å². The van der Waals surface area contributed by atoms with Crippen LogP contribution < -0.4 is 5.32 Å². The molecular weight excluding hydrogens is 476 g/mol. The van der Waals surface area contributed by atoms with Gasteiger partial charge in [-0.15, -0.1) is 0 Å². The van der Waals surface area contributed by atoms with Gasteiger partial charge in [0.15, 0.2) is 0 Å². The third kappa shape index (κ3) is 4.78. The van der Waals surface area contributed by atoms with Crippen molar-refractivity contribution in [3.63, 3.8) is 0 Å². The van der Waals surface area contributed by atoms with Crippen LogP contribution in [0.15, 0.2) is 97.1 Å². The van der Waals surface area contributed by atoms with Crippen molar-refractivity contribution in [3.05, 3.63) is 131 Å². The molecule has 0 bridgehead atoms. The summed E-state index contributed by atoms with van der Waals surface area (Å²) in [6.45, 7) is 9.56. The summed E-state index contributed by atoms with van der Waals surface area (Å²) in [6.07, 6.45) is 1.97. The van der Waals surface area contributed by atoms with Crippen LogP contribution in [0.25, 0.3) is 22.0 Å². The predicted molar refractivity (Wildman–Crippen MR) is 161 cm³/mol. The number of benzene rings is 4. The first-order valence-electron chi connectivity index (χ1n) is 14.0. The molecule has 5 aromatic rings. The second kappa shape index (κ2) is 9.89. The number of aromatic nitrogens is 1. The molecule has 0 radical (unpaired) electrons. The van der Waals surface area contributed by atoms with Crippen LogP contribution in [0.5, 0.6) is 0 Å². The fourth-order valence-electron chi connectivity index (χ4n) is 5.71. The average molecular weight is 513 g/mol. The van der Waals surface area contributed by atoms with Crippen molar-refractivity contribution in [1.29, 1.82) is 0 Å². The van der Waals surface area contributed by atoms with Crippen LogP contribution in [-0.2, 0) is 12.1 Å². The average Bonchev–Trinajstić information content (AvgIpc) is 3.72. The van der Waals surface area contributed by atoms with Crippen molar-refractivity contribution >= 4 is 16.8 Å². The largest absolute Gasteiger partial charge is 0.343 e. The summed E-state index contributed by atoms with van der Waals surface area (Å²) >= 11 is 0. The van der Waals surface area contributed by atoms with E-state index in [9.17, 15) is 4.79 Å². The van der Waals surface area contributed by atoms with Gasteiger partial charge >= 0.3 is 0 Å². The number of nitrogens with one attached hydrogen (secondary N) is 1. The Morgan fingerprint density at radius 1 is 0.846 bits per heavy atom. The molecular formula is C36H36N2O. The maximum Gasteiger partial charge on any atom is 0.251 e. The van der Waals surface area contributed by atoms with E-state index >= 15 is 0 Å². The summed E-state index contributed by atoms with van der Waals surface area (Å²) in [4.78, 5) is 13.5. The van der Waals surface area contributed by atoms with Crippen LogP contribution in [0.3, 0.4) is 0 Å². The minimum Gasteiger partial charge on any atom is -0.343 e. The Morgan fingerprint density at radius 2 is 1.56 bits per heavy atom. The Hall–Kier alpha value is -4.11. The van der Waals surface area contributed by atoms with Crippen LogP contribution in [0, 0.1) is 13.8 Å². The number of hydrogen-bond acceptors (Lipinski definition) is 1. The van der Waals surface area contributed by atoms with E-state index in [1.54, 1.807) is 0 Å². The van der Waals surface area contributed by atoms with Gasteiger partial charge in [-0.3, -0.25) is 4.79 Å². The summed E-state index contributed by atoms with van der Waals surface area (Å²) in [5.74, 6) is 0.474. The van der Waals surface area contributed by atoms with E-state index < -0.39 is 0 Å². The zero-order chi connectivity index (χ0) is 27.1. The molecule has 1 fully saturated rings. The number of nitrogens with zero attached hydrogens (tertiary/aromatic N) is 1. The van der Waals surface area contributed by atoms with Crippen LogP contribution in [0.4, 0.5) is 0 Å². The molecule has 1 aliphatic carbocycles. The van der Waals surface area contributed by atoms with Crippen molar-refractivity contribution < 1.29 is 4.79 Å². The minimum absolute atomic E-state index is 0.00524. The van der Waals surface area contributed by atoms with Crippen LogP contribution in [-0.4, -0.2) is 10.5 Å². The first kappa shape index (κ1) is 25.2. The van der Waals surface area contributed by atoms with Crippen molar-refractivity contribution in [2.45, 2.75) is 58.5 Å². The molecule has 0 unspecified atom stereocenters. The Labute approximate surface area is 231 Å². The van der Waals surface area contributed by atoms with Gasteiger partial charge in [-0.25, -0.2) is 0 Å². The smallest absolute Gasteiger partial charge is 0.251 e. The molecule has 0 aliphatic heterocycles. The Bertz CT molecular complexity index is 1650. The van der Waals surface area contributed by atoms with Gasteiger partial charge in [0.25, 0.3) is 5.91 Å². The number of aryl methyl sites for hydroxylation is 1. The molecule has 4 aromatic carbocycles. The highest BCUT2D eigenvalue weighted by atomic mass is 16.1. The third-order valence-corrected chi connectivity index (χ3v) is 8.51. The molecule has 1 saturated carbocycles. The van der Waals surface area contributed by atoms with Crippen molar-refractivity contribution in [2.24, 2.45) is 0 Å². The van der Waals surface area contributed by atoms with Crippen LogP contribution in [0.2, 0.25) is 0 Å². The monoisotopic (exact) mass is 512 g/mol. The molecule has 39 heavy (non-hydrogen) atoms. The number of carbonyl (C=O) groups excluding carboxylic acids is 1. The summed E-state index contributed by atoms with van der Waals surface area (Å²) in [6, 6.07) is 34.2. The molecule has 3 nitrogen and oxygen atoms in total. The van der Waals surface area contributed by atoms with E-state index in [-0.39, 0.29) is 11.4 Å². The van der Waals surface area contributed by atoms with Gasteiger partial charge in [-0.1, -0.05) is 92.7 Å². The van der Waals surface area contributed by atoms with Crippen molar-refractivity contribution in [3.8, 4) is 11.1 Å². The maximum atomic E-state index is 13.5. The van der Waals surface area contributed by atoms with Crippen molar-refractivity contribution in [2.75, 3.05) is 0 Å². The number of fused-ring (bicyclic) bond motifs is 1. The Kier molecular flexibility index (Phi) is 6.38. The lowest BCUT2D eigenvalue weighted by Crippen LogP contribution is -2.34. The van der Waals surface area contributed by atoms with Crippen LogP contribution in [0.1, 0.15) is 70.9 Å². The Balaban J connectivity index is 1.24. The lowest BCUT2D eigenvalue weighted by atomic mass is 9.96. The fraction of sp³-hybridized carbons (Fsp3) is 0.250. The van der Waals surface area contributed by atoms with E-state index in [0.29, 0.717) is 5.92 Å². The normalized spacial score (nSPS) is 14.1. The third-order valence-electron chi connectivity index (χ3n) is 8.51. The number of amides is 1. The topological polar surface area (TPSA) is 34.0 Å². The zero-order valence-corrected chi connectivity index (χ0v) is 23.3. The number of carbonyl (C=O) groups is 1. The molecule has 1 aromatic heterocycles. The predicted octanol–water partition coefficient (Wildman–Crippen LogP) is 8.52. The Morgan fingerprint density at radius 3 is 2.26 bits per heavy atom. The summed E-state index contributed by atoms with van der Waals surface area (Å²) in [5, 5.41) is 4.53. The van der Waals surface area contributed by atoms with E-state index in [1.165, 1.54) is 44.6 Å². The number of hydrogen-bond donors (Lipinski definition) is 1. The van der Waals surface area contributed by atoms with E-state index in [1.807, 2.05) is 12.1 Å². The summed E-state index contributed by atoms with van der Waals surface area (Å²) in [7, 11) is 0. The van der Waals surface area contributed by atoms with Crippen LogP contribution >= 0.6 is 0 Å². The van der Waals surface area contributed by atoms with Gasteiger partial charge < -0.3 is 9.88 Å². The van der Waals surface area contributed by atoms with E-state index in [0.717, 1.165) is 30.3 Å². The van der Waals surface area contributed by atoms with Gasteiger partial charge in [0.2, 0.25) is 0 Å². The molecule has 1 aliphatic rings. The molecule has 1 heterocycles. The maximum absolute atomic E-state index is 13.5. The van der Waals surface area contributed by atoms with Gasteiger partial charge in [0.05, 0.1) is 5.54 Å². The fourth-order valence-corrected chi connectivity index (χ4v) is 5.71.